The first-order valence-corrected chi connectivity index (χ1v) is 7.14. The van der Waals surface area contributed by atoms with E-state index >= 15 is 0 Å². The SMILES string of the molecule is COc1ccc(C(O)Cc2cc(Br)ccc2F)cc1Cl. The maximum absolute atomic E-state index is 13.7. The Morgan fingerprint density at radius 1 is 1.30 bits per heavy atom. The second kappa shape index (κ2) is 6.57. The number of ether oxygens (including phenoxy) is 1. The van der Waals surface area contributed by atoms with Gasteiger partial charge in [0.2, 0.25) is 0 Å². The van der Waals surface area contributed by atoms with Gasteiger partial charge in [-0.25, -0.2) is 4.39 Å². The molecule has 1 N–H and O–H groups in total. The zero-order valence-corrected chi connectivity index (χ0v) is 13.1. The standard InChI is InChI=1S/C15H13BrClFO2/c1-20-15-5-2-9(7-12(15)17)14(19)8-10-6-11(16)3-4-13(10)18/h2-7,14,19H,8H2,1H3. The van der Waals surface area contributed by atoms with Crippen LogP contribution in [0.1, 0.15) is 17.2 Å². The first-order valence-electron chi connectivity index (χ1n) is 5.96. The quantitative estimate of drug-likeness (QED) is 0.869. The van der Waals surface area contributed by atoms with Crippen LogP contribution in [0.4, 0.5) is 4.39 Å². The van der Waals surface area contributed by atoms with Crippen molar-refractivity contribution in [1.29, 1.82) is 0 Å². The molecule has 0 heterocycles. The molecule has 1 atom stereocenters. The number of aliphatic hydroxyl groups excluding tert-OH is 1. The Morgan fingerprint density at radius 2 is 2.05 bits per heavy atom. The van der Waals surface area contributed by atoms with Crippen LogP contribution in [0.3, 0.4) is 0 Å². The van der Waals surface area contributed by atoms with Crippen molar-refractivity contribution >= 4 is 27.5 Å². The molecule has 0 amide bonds. The number of rotatable bonds is 4. The lowest BCUT2D eigenvalue weighted by Crippen LogP contribution is -2.04. The molecule has 0 aromatic heterocycles. The smallest absolute Gasteiger partial charge is 0.137 e. The van der Waals surface area contributed by atoms with Gasteiger partial charge < -0.3 is 9.84 Å². The van der Waals surface area contributed by atoms with Crippen LogP contribution in [0.15, 0.2) is 40.9 Å². The second-order valence-electron chi connectivity index (χ2n) is 4.35. The first kappa shape index (κ1) is 15.3. The highest BCUT2D eigenvalue weighted by Gasteiger charge is 2.14. The summed E-state index contributed by atoms with van der Waals surface area (Å²) in [4.78, 5) is 0. The molecule has 0 spiro atoms. The predicted molar refractivity (Wildman–Crippen MR) is 80.8 cm³/mol. The van der Waals surface area contributed by atoms with E-state index in [1.807, 2.05) is 0 Å². The lowest BCUT2D eigenvalue weighted by Gasteiger charge is -2.13. The Hall–Kier alpha value is -1.10. The van der Waals surface area contributed by atoms with Crippen LogP contribution in [-0.2, 0) is 6.42 Å². The zero-order chi connectivity index (χ0) is 14.7. The summed E-state index contributed by atoms with van der Waals surface area (Å²) in [5, 5.41) is 10.6. The molecule has 0 bridgehead atoms. The van der Waals surface area contributed by atoms with Crippen LogP contribution < -0.4 is 4.74 Å². The third-order valence-corrected chi connectivity index (χ3v) is 3.77. The molecule has 0 aliphatic rings. The van der Waals surface area contributed by atoms with Gasteiger partial charge in [-0.3, -0.25) is 0 Å². The van der Waals surface area contributed by atoms with E-state index in [2.05, 4.69) is 15.9 Å². The van der Waals surface area contributed by atoms with Crippen molar-refractivity contribution < 1.29 is 14.2 Å². The molecule has 5 heteroatoms. The van der Waals surface area contributed by atoms with E-state index in [1.165, 1.54) is 13.2 Å². The molecule has 2 nitrogen and oxygen atoms in total. The third kappa shape index (κ3) is 3.51. The van der Waals surface area contributed by atoms with Crippen molar-refractivity contribution in [2.45, 2.75) is 12.5 Å². The summed E-state index contributed by atoms with van der Waals surface area (Å²) in [5.41, 5.74) is 1.06. The minimum absolute atomic E-state index is 0.175. The average molecular weight is 360 g/mol. The van der Waals surface area contributed by atoms with Gasteiger partial charge in [0.05, 0.1) is 18.2 Å². The van der Waals surface area contributed by atoms with E-state index in [4.69, 9.17) is 16.3 Å². The van der Waals surface area contributed by atoms with Crippen LogP contribution in [0.2, 0.25) is 5.02 Å². The molecule has 0 saturated heterocycles. The van der Waals surface area contributed by atoms with Gasteiger partial charge in [-0.15, -0.1) is 0 Å². The Bertz CT molecular complexity index is 619. The van der Waals surface area contributed by atoms with Gasteiger partial charge in [-0.2, -0.15) is 0 Å². The van der Waals surface area contributed by atoms with Crippen LogP contribution in [-0.4, -0.2) is 12.2 Å². The minimum Gasteiger partial charge on any atom is -0.495 e. The number of halogens is 3. The molecule has 0 aliphatic heterocycles. The average Bonchev–Trinajstić information content (AvgIpc) is 2.42. The van der Waals surface area contributed by atoms with Crippen molar-refractivity contribution in [3.63, 3.8) is 0 Å². The van der Waals surface area contributed by atoms with E-state index < -0.39 is 6.10 Å². The Labute approximate surface area is 130 Å². The molecule has 106 valence electrons. The summed E-state index contributed by atoms with van der Waals surface area (Å²) in [6.45, 7) is 0. The molecule has 20 heavy (non-hydrogen) atoms. The van der Waals surface area contributed by atoms with Gasteiger partial charge in [0.25, 0.3) is 0 Å². The van der Waals surface area contributed by atoms with E-state index in [-0.39, 0.29) is 12.2 Å². The van der Waals surface area contributed by atoms with Gasteiger partial charge in [-0.05, 0) is 41.5 Å². The van der Waals surface area contributed by atoms with Gasteiger partial charge in [0.1, 0.15) is 11.6 Å². The Balaban J connectivity index is 2.21. The number of aliphatic hydroxyl groups is 1. The third-order valence-electron chi connectivity index (χ3n) is 2.98. The Kier molecular flexibility index (Phi) is 5.02. The predicted octanol–water partition coefficient (Wildman–Crippen LogP) is 4.53. The lowest BCUT2D eigenvalue weighted by atomic mass is 10.0. The van der Waals surface area contributed by atoms with Crippen molar-refractivity contribution in [3.8, 4) is 5.75 Å². The monoisotopic (exact) mass is 358 g/mol. The summed E-state index contributed by atoms with van der Waals surface area (Å²) in [7, 11) is 1.52. The largest absolute Gasteiger partial charge is 0.495 e. The minimum atomic E-state index is -0.831. The molecule has 0 radical (unpaired) electrons. The summed E-state index contributed by atoms with van der Waals surface area (Å²) < 4.78 is 19.5. The lowest BCUT2D eigenvalue weighted by molar-refractivity contribution is 0.177. The molecular formula is C15H13BrClFO2. The summed E-state index contributed by atoms with van der Waals surface area (Å²) in [5.74, 6) is 0.197. The van der Waals surface area contributed by atoms with Gasteiger partial charge in [0, 0.05) is 10.9 Å². The van der Waals surface area contributed by atoms with Gasteiger partial charge in [-0.1, -0.05) is 33.6 Å². The fraction of sp³-hybridized carbons (Fsp3) is 0.200. The number of hydrogen-bond acceptors (Lipinski definition) is 2. The van der Waals surface area contributed by atoms with E-state index in [0.29, 0.717) is 21.9 Å². The summed E-state index contributed by atoms with van der Waals surface area (Å²) in [6, 6.07) is 9.66. The fourth-order valence-electron chi connectivity index (χ4n) is 1.92. The van der Waals surface area contributed by atoms with Crippen molar-refractivity contribution in [2.75, 3.05) is 7.11 Å². The molecule has 0 fully saturated rings. The van der Waals surface area contributed by atoms with Crippen LogP contribution in [0.25, 0.3) is 0 Å². The first-order chi connectivity index (χ1) is 9.51. The molecular weight excluding hydrogens is 347 g/mol. The van der Waals surface area contributed by atoms with Crippen molar-refractivity contribution in [1.82, 2.24) is 0 Å². The molecule has 2 aromatic carbocycles. The Morgan fingerprint density at radius 3 is 2.70 bits per heavy atom. The summed E-state index contributed by atoms with van der Waals surface area (Å²) in [6.07, 6.45) is -0.657. The number of methoxy groups -OCH3 is 1. The number of benzene rings is 2. The fourth-order valence-corrected chi connectivity index (χ4v) is 2.59. The zero-order valence-electron chi connectivity index (χ0n) is 10.7. The van der Waals surface area contributed by atoms with Crippen LogP contribution >= 0.6 is 27.5 Å². The maximum Gasteiger partial charge on any atom is 0.137 e. The van der Waals surface area contributed by atoms with Crippen molar-refractivity contribution in [3.05, 3.63) is 62.8 Å². The van der Waals surface area contributed by atoms with Gasteiger partial charge in [0.15, 0.2) is 0 Å². The highest BCUT2D eigenvalue weighted by Crippen LogP contribution is 2.29. The van der Waals surface area contributed by atoms with Gasteiger partial charge >= 0.3 is 0 Å². The molecule has 0 saturated carbocycles. The van der Waals surface area contributed by atoms with Crippen LogP contribution in [0.5, 0.6) is 5.75 Å². The highest BCUT2D eigenvalue weighted by molar-refractivity contribution is 9.10. The highest BCUT2D eigenvalue weighted by atomic mass is 79.9. The molecule has 0 aliphatic carbocycles. The van der Waals surface area contributed by atoms with E-state index in [0.717, 1.165) is 4.47 Å². The van der Waals surface area contributed by atoms with Crippen molar-refractivity contribution in [2.24, 2.45) is 0 Å². The maximum atomic E-state index is 13.7. The molecule has 2 aromatic rings. The normalized spacial score (nSPS) is 12.2. The molecule has 2 rings (SSSR count). The number of hydrogen-bond donors (Lipinski definition) is 1. The van der Waals surface area contributed by atoms with E-state index in [9.17, 15) is 9.50 Å². The summed E-state index contributed by atoms with van der Waals surface area (Å²) >= 11 is 9.30. The van der Waals surface area contributed by atoms with E-state index in [1.54, 1.807) is 30.3 Å². The topological polar surface area (TPSA) is 29.5 Å². The second-order valence-corrected chi connectivity index (χ2v) is 5.67. The van der Waals surface area contributed by atoms with Crippen LogP contribution in [0, 0.1) is 5.82 Å². The molecule has 1 unspecified atom stereocenters.